The zero-order valence-corrected chi connectivity index (χ0v) is 15.5. The Morgan fingerprint density at radius 3 is 2.27 bits per heavy atom. The molecule has 3 rings (SSSR count). The third-order valence-electron chi connectivity index (χ3n) is 3.35. The van der Waals surface area contributed by atoms with Crippen molar-refractivity contribution in [2.24, 2.45) is 0 Å². The summed E-state index contributed by atoms with van der Waals surface area (Å²) >= 11 is 1.01. The van der Waals surface area contributed by atoms with Gasteiger partial charge < -0.3 is 5.32 Å². The first-order valence-electron chi connectivity index (χ1n) is 7.64. The first kappa shape index (κ1) is 18.2. The van der Waals surface area contributed by atoms with Crippen LogP contribution in [-0.2, 0) is 14.8 Å². The number of anilines is 1. The Morgan fingerprint density at radius 1 is 1.04 bits per heavy atom. The molecular formula is C17H16N4O3S2. The fourth-order valence-corrected chi connectivity index (χ4v) is 4.23. The lowest BCUT2D eigenvalue weighted by atomic mass is 10.2. The number of amides is 1. The van der Waals surface area contributed by atoms with Gasteiger partial charge in [-0.15, -0.1) is 10.2 Å². The van der Waals surface area contributed by atoms with E-state index in [4.69, 9.17) is 0 Å². The van der Waals surface area contributed by atoms with Crippen LogP contribution < -0.4 is 5.32 Å². The molecule has 0 aliphatic carbocycles. The molecule has 0 aliphatic heterocycles. The van der Waals surface area contributed by atoms with Crippen molar-refractivity contribution in [3.05, 3.63) is 60.7 Å². The van der Waals surface area contributed by atoms with Gasteiger partial charge in [0.05, 0.1) is 12.0 Å². The van der Waals surface area contributed by atoms with Gasteiger partial charge in [-0.05, 0) is 12.1 Å². The van der Waals surface area contributed by atoms with Crippen LogP contribution in [0.5, 0.6) is 0 Å². The van der Waals surface area contributed by atoms with Gasteiger partial charge >= 0.3 is 0 Å². The lowest BCUT2D eigenvalue weighted by Gasteiger charge is -2.08. The van der Waals surface area contributed by atoms with Gasteiger partial charge in [-0.1, -0.05) is 60.3 Å². The molecule has 2 aromatic carbocycles. The second kappa shape index (κ2) is 7.71. The fourth-order valence-electron chi connectivity index (χ4n) is 2.26. The molecule has 7 nitrogen and oxygen atoms in total. The molecule has 0 bridgehead atoms. The van der Waals surface area contributed by atoms with Crippen LogP contribution in [0.15, 0.2) is 65.8 Å². The molecule has 3 aromatic rings. The zero-order chi connectivity index (χ0) is 18.6. The summed E-state index contributed by atoms with van der Waals surface area (Å²) in [6, 6.07) is 17.9. The van der Waals surface area contributed by atoms with Gasteiger partial charge in [0.1, 0.15) is 0 Å². The second-order valence-corrected chi connectivity index (χ2v) is 8.18. The number of para-hydroxylation sites is 1. The van der Waals surface area contributed by atoms with Crippen molar-refractivity contribution in [2.45, 2.75) is 5.16 Å². The topological polar surface area (TPSA) is 94.0 Å². The van der Waals surface area contributed by atoms with E-state index < -0.39 is 10.0 Å². The minimum atomic E-state index is -3.64. The summed E-state index contributed by atoms with van der Waals surface area (Å²) in [6.07, 6.45) is 1.08. The van der Waals surface area contributed by atoms with Crippen LogP contribution in [0.3, 0.4) is 0 Å². The molecule has 0 atom stereocenters. The van der Waals surface area contributed by atoms with Crippen LogP contribution in [0.4, 0.5) is 5.69 Å². The van der Waals surface area contributed by atoms with E-state index in [1.165, 1.54) is 0 Å². The van der Waals surface area contributed by atoms with Gasteiger partial charge in [0.15, 0.2) is 5.82 Å². The maximum atomic E-state index is 12.2. The Bertz CT molecular complexity index is 1000. The van der Waals surface area contributed by atoms with Gasteiger partial charge in [0, 0.05) is 11.3 Å². The Labute approximate surface area is 155 Å². The Hall–Kier alpha value is -2.65. The van der Waals surface area contributed by atoms with Gasteiger partial charge in [0.25, 0.3) is 0 Å². The molecule has 0 aliphatic rings. The predicted octanol–water partition coefficient (Wildman–Crippen LogP) is 2.48. The van der Waals surface area contributed by atoms with E-state index in [-0.39, 0.29) is 22.6 Å². The molecule has 0 saturated heterocycles. The number of thioether (sulfide) groups is 1. The van der Waals surface area contributed by atoms with E-state index in [2.05, 4.69) is 15.5 Å². The Morgan fingerprint density at radius 2 is 1.65 bits per heavy atom. The van der Waals surface area contributed by atoms with E-state index in [9.17, 15) is 13.2 Å². The number of carbonyl (C=O) groups excluding carboxylic acids is 1. The van der Waals surface area contributed by atoms with Crippen molar-refractivity contribution in [1.29, 1.82) is 0 Å². The van der Waals surface area contributed by atoms with Crippen molar-refractivity contribution >= 4 is 33.4 Å². The third-order valence-corrected chi connectivity index (χ3v) is 5.40. The molecule has 1 heterocycles. The second-order valence-electron chi connectivity index (χ2n) is 5.40. The summed E-state index contributed by atoms with van der Waals surface area (Å²) in [5.74, 6) is -0.0262. The quantitative estimate of drug-likeness (QED) is 0.652. The third kappa shape index (κ3) is 4.30. The first-order chi connectivity index (χ1) is 12.4. The fraction of sp³-hybridized carbons (Fsp3) is 0.118. The van der Waals surface area contributed by atoms with Crippen molar-refractivity contribution in [2.75, 3.05) is 17.3 Å². The molecule has 1 N–H and O–H groups in total. The van der Waals surface area contributed by atoms with Crippen molar-refractivity contribution in [3.63, 3.8) is 0 Å². The molecule has 1 amide bonds. The first-order valence-corrected chi connectivity index (χ1v) is 10.5. The van der Waals surface area contributed by atoms with Crippen molar-refractivity contribution < 1.29 is 13.2 Å². The minimum Gasteiger partial charge on any atom is -0.325 e. The van der Waals surface area contributed by atoms with Gasteiger partial charge in [-0.3, -0.25) is 4.79 Å². The summed E-state index contributed by atoms with van der Waals surface area (Å²) in [5.41, 5.74) is 1.30. The molecule has 26 heavy (non-hydrogen) atoms. The highest BCUT2D eigenvalue weighted by Crippen LogP contribution is 2.25. The van der Waals surface area contributed by atoms with Crippen LogP contribution >= 0.6 is 11.8 Å². The average Bonchev–Trinajstić information content (AvgIpc) is 3.06. The van der Waals surface area contributed by atoms with Crippen LogP contribution in [0.25, 0.3) is 11.4 Å². The Balaban J connectivity index is 1.80. The number of benzene rings is 2. The maximum absolute atomic E-state index is 12.2. The molecule has 1 aromatic heterocycles. The molecule has 0 fully saturated rings. The normalized spacial score (nSPS) is 11.3. The zero-order valence-electron chi connectivity index (χ0n) is 13.9. The lowest BCUT2D eigenvalue weighted by Crippen LogP contribution is -2.16. The molecule has 134 valence electrons. The monoisotopic (exact) mass is 388 g/mol. The van der Waals surface area contributed by atoms with Crippen LogP contribution in [0.2, 0.25) is 0 Å². The van der Waals surface area contributed by atoms with E-state index in [0.29, 0.717) is 11.3 Å². The van der Waals surface area contributed by atoms with E-state index in [1.807, 2.05) is 24.3 Å². The van der Waals surface area contributed by atoms with Gasteiger partial charge in [-0.25, -0.2) is 8.42 Å². The highest BCUT2D eigenvalue weighted by molar-refractivity contribution is 8.00. The van der Waals surface area contributed by atoms with Crippen LogP contribution in [0.1, 0.15) is 0 Å². The van der Waals surface area contributed by atoms with E-state index in [1.54, 1.807) is 36.4 Å². The maximum Gasteiger partial charge on any atom is 0.239 e. The van der Waals surface area contributed by atoms with E-state index >= 15 is 0 Å². The van der Waals surface area contributed by atoms with Gasteiger partial charge in [-0.2, -0.15) is 3.97 Å². The summed E-state index contributed by atoms with van der Waals surface area (Å²) in [6.45, 7) is 0. The van der Waals surface area contributed by atoms with Crippen molar-refractivity contribution in [3.8, 4) is 11.4 Å². The summed E-state index contributed by atoms with van der Waals surface area (Å²) in [4.78, 5) is 12.1. The summed E-state index contributed by atoms with van der Waals surface area (Å²) in [7, 11) is -3.64. The molecule has 0 spiro atoms. The number of hydrogen-bond acceptors (Lipinski definition) is 6. The molecule has 0 radical (unpaired) electrons. The average molecular weight is 388 g/mol. The van der Waals surface area contributed by atoms with E-state index in [0.717, 1.165) is 22.0 Å². The summed E-state index contributed by atoms with van der Waals surface area (Å²) < 4.78 is 25.5. The molecule has 0 saturated carbocycles. The summed E-state index contributed by atoms with van der Waals surface area (Å²) in [5, 5.41) is 10.8. The lowest BCUT2D eigenvalue weighted by molar-refractivity contribution is -0.113. The standard InChI is InChI=1S/C17H16N4O3S2/c1-26(23,24)21-16(13-8-4-2-5-9-13)19-20-17(21)25-12-15(22)18-14-10-6-3-7-11-14/h2-11H,12H2,1H3,(H,18,22). The van der Waals surface area contributed by atoms with Crippen LogP contribution in [-0.4, -0.2) is 40.5 Å². The smallest absolute Gasteiger partial charge is 0.239 e. The van der Waals surface area contributed by atoms with Crippen molar-refractivity contribution in [1.82, 2.24) is 14.2 Å². The highest BCUT2D eigenvalue weighted by Gasteiger charge is 2.22. The highest BCUT2D eigenvalue weighted by atomic mass is 32.2. The van der Waals surface area contributed by atoms with Crippen LogP contribution in [0, 0.1) is 0 Å². The Kier molecular flexibility index (Phi) is 5.38. The predicted molar refractivity (Wildman–Crippen MR) is 101 cm³/mol. The molecular weight excluding hydrogens is 372 g/mol. The number of hydrogen-bond donors (Lipinski definition) is 1. The number of nitrogens with one attached hydrogen (secondary N) is 1. The number of carbonyl (C=O) groups is 1. The molecule has 0 unspecified atom stereocenters. The number of aromatic nitrogens is 3. The molecule has 9 heteroatoms. The number of rotatable bonds is 6. The largest absolute Gasteiger partial charge is 0.325 e. The number of nitrogens with zero attached hydrogens (tertiary/aromatic N) is 3. The van der Waals surface area contributed by atoms with Gasteiger partial charge in [0.2, 0.25) is 21.1 Å². The SMILES string of the molecule is CS(=O)(=O)n1c(SCC(=O)Nc2ccccc2)nnc1-c1ccccc1. The minimum absolute atomic E-state index is 0.0112.